The monoisotopic (exact) mass is 476 g/mol. The minimum Gasteiger partial charge on any atom is -0.325 e. The number of hydrogen-bond acceptors (Lipinski definition) is 6. The summed E-state index contributed by atoms with van der Waals surface area (Å²) in [5, 5.41) is 3.42. The number of thioether (sulfide) groups is 1. The molecule has 0 aliphatic carbocycles. The van der Waals surface area contributed by atoms with Gasteiger partial charge in [0.15, 0.2) is 0 Å². The Morgan fingerprint density at radius 1 is 1.03 bits per heavy atom. The molecule has 1 heterocycles. The highest BCUT2D eigenvalue weighted by Gasteiger charge is 2.16. The van der Waals surface area contributed by atoms with Crippen molar-refractivity contribution in [1.29, 1.82) is 0 Å². The van der Waals surface area contributed by atoms with E-state index in [1.54, 1.807) is 26.0 Å². The average molecular weight is 477 g/mol. The number of anilines is 2. The third-order valence-corrected chi connectivity index (χ3v) is 6.63. The minimum absolute atomic E-state index is 0.0200. The molecule has 0 spiro atoms. The Balaban J connectivity index is 1.55. The number of benzene rings is 2. The van der Waals surface area contributed by atoms with Gasteiger partial charge in [-0.05, 0) is 61.9 Å². The highest BCUT2D eigenvalue weighted by Crippen LogP contribution is 2.19. The largest absolute Gasteiger partial charge is 0.325 e. The van der Waals surface area contributed by atoms with E-state index in [2.05, 4.69) is 20.0 Å². The molecular weight excluding hydrogens is 456 g/mol. The van der Waals surface area contributed by atoms with Crippen LogP contribution in [-0.2, 0) is 20.6 Å². The first-order valence-corrected chi connectivity index (χ1v) is 12.3. The van der Waals surface area contributed by atoms with Crippen LogP contribution < -0.4 is 10.0 Å². The van der Waals surface area contributed by atoms with E-state index in [0.717, 1.165) is 5.56 Å². The smallest absolute Gasteiger partial charge is 0.264 e. The summed E-state index contributed by atoms with van der Waals surface area (Å²) in [5.41, 5.74) is 2.88. The fourth-order valence-electron chi connectivity index (χ4n) is 2.75. The van der Waals surface area contributed by atoms with Crippen LogP contribution in [0.1, 0.15) is 17.0 Å². The van der Waals surface area contributed by atoms with E-state index in [9.17, 15) is 13.2 Å². The number of hydrogen-bond donors (Lipinski definition) is 2. The second kappa shape index (κ2) is 10.1. The molecule has 2 N–H and O–H groups in total. The molecular formula is C21H21ClN4O3S2. The second-order valence-electron chi connectivity index (χ2n) is 6.78. The van der Waals surface area contributed by atoms with Crippen molar-refractivity contribution in [2.75, 3.05) is 15.8 Å². The van der Waals surface area contributed by atoms with E-state index in [0.29, 0.717) is 27.9 Å². The second-order valence-corrected chi connectivity index (χ2v) is 9.88. The van der Waals surface area contributed by atoms with Crippen molar-refractivity contribution in [2.45, 2.75) is 24.5 Å². The van der Waals surface area contributed by atoms with Crippen LogP contribution >= 0.6 is 23.4 Å². The van der Waals surface area contributed by atoms with Crippen molar-refractivity contribution < 1.29 is 13.2 Å². The molecule has 0 aliphatic heterocycles. The first kappa shape index (κ1) is 23.1. The van der Waals surface area contributed by atoms with Crippen molar-refractivity contribution in [3.8, 4) is 0 Å². The van der Waals surface area contributed by atoms with Crippen LogP contribution in [0.15, 0.2) is 59.5 Å². The third kappa shape index (κ3) is 6.95. The summed E-state index contributed by atoms with van der Waals surface area (Å²) in [6, 6.07) is 15.1. The van der Waals surface area contributed by atoms with Crippen LogP contribution in [0.4, 0.5) is 11.6 Å². The van der Waals surface area contributed by atoms with Gasteiger partial charge in [0.25, 0.3) is 10.0 Å². The number of amides is 1. The third-order valence-electron chi connectivity index (χ3n) is 4.05. The van der Waals surface area contributed by atoms with Gasteiger partial charge in [-0.1, -0.05) is 23.7 Å². The van der Waals surface area contributed by atoms with Crippen molar-refractivity contribution >= 4 is 50.9 Å². The van der Waals surface area contributed by atoms with Gasteiger partial charge in [-0.2, -0.15) is 0 Å². The normalized spacial score (nSPS) is 11.2. The lowest BCUT2D eigenvalue weighted by Gasteiger charge is -2.09. The standard InChI is InChI=1S/C21H21ClN4O3S2/c1-14-10-15(2)24-21(23-14)26-31(28,29)19-8-6-18(7-9-19)25-20(27)13-30-12-16-4-3-5-17(22)11-16/h3-11H,12-13H2,1-2H3,(H,25,27)(H,23,24,26). The molecule has 0 radical (unpaired) electrons. The van der Waals surface area contributed by atoms with E-state index in [1.165, 1.54) is 36.0 Å². The van der Waals surface area contributed by atoms with Gasteiger partial charge in [-0.15, -0.1) is 11.8 Å². The zero-order valence-corrected chi connectivity index (χ0v) is 19.3. The van der Waals surface area contributed by atoms with E-state index >= 15 is 0 Å². The molecule has 162 valence electrons. The highest BCUT2D eigenvalue weighted by atomic mass is 35.5. The number of aryl methyl sites for hydroxylation is 2. The zero-order chi connectivity index (χ0) is 22.4. The van der Waals surface area contributed by atoms with Crippen LogP contribution in [0.5, 0.6) is 0 Å². The number of aromatic nitrogens is 2. The molecule has 2 aromatic carbocycles. The lowest BCUT2D eigenvalue weighted by atomic mass is 10.2. The van der Waals surface area contributed by atoms with Crippen LogP contribution in [0.2, 0.25) is 5.02 Å². The fraction of sp³-hybridized carbons (Fsp3) is 0.190. The fourth-order valence-corrected chi connectivity index (χ4v) is 4.69. The van der Waals surface area contributed by atoms with Gasteiger partial charge >= 0.3 is 0 Å². The maximum Gasteiger partial charge on any atom is 0.264 e. The van der Waals surface area contributed by atoms with Gasteiger partial charge in [0, 0.05) is 27.9 Å². The van der Waals surface area contributed by atoms with Crippen LogP contribution in [0.25, 0.3) is 0 Å². The van der Waals surface area contributed by atoms with Crippen LogP contribution in [0, 0.1) is 13.8 Å². The van der Waals surface area contributed by atoms with Gasteiger partial charge in [0.05, 0.1) is 10.6 Å². The molecule has 3 aromatic rings. The van der Waals surface area contributed by atoms with Crippen LogP contribution in [-0.4, -0.2) is 30.0 Å². The molecule has 0 atom stereocenters. The molecule has 31 heavy (non-hydrogen) atoms. The maximum atomic E-state index is 12.6. The predicted molar refractivity (Wildman–Crippen MR) is 125 cm³/mol. The van der Waals surface area contributed by atoms with Gasteiger partial charge in [-0.25, -0.2) is 23.1 Å². The summed E-state index contributed by atoms with van der Waals surface area (Å²) >= 11 is 7.42. The Morgan fingerprint density at radius 3 is 2.35 bits per heavy atom. The van der Waals surface area contributed by atoms with Crippen LogP contribution in [0.3, 0.4) is 0 Å². The number of rotatable bonds is 8. The van der Waals surface area contributed by atoms with Crippen molar-refractivity contribution in [1.82, 2.24) is 9.97 Å². The Morgan fingerprint density at radius 2 is 1.71 bits per heavy atom. The molecule has 1 aromatic heterocycles. The summed E-state index contributed by atoms with van der Waals surface area (Å²) in [6.07, 6.45) is 0. The van der Waals surface area contributed by atoms with Crippen molar-refractivity contribution in [2.24, 2.45) is 0 Å². The molecule has 7 nitrogen and oxygen atoms in total. The molecule has 0 saturated heterocycles. The predicted octanol–water partition coefficient (Wildman–Crippen LogP) is 4.42. The SMILES string of the molecule is Cc1cc(C)nc(NS(=O)(=O)c2ccc(NC(=O)CSCc3cccc(Cl)c3)cc2)n1. The zero-order valence-electron chi connectivity index (χ0n) is 16.9. The number of nitrogens with zero attached hydrogens (tertiary/aromatic N) is 2. The van der Waals surface area contributed by atoms with E-state index in [1.807, 2.05) is 18.2 Å². The summed E-state index contributed by atoms with van der Waals surface area (Å²) in [4.78, 5) is 20.4. The topological polar surface area (TPSA) is 101 Å². The molecule has 1 amide bonds. The number of carbonyl (C=O) groups excluding carboxylic acids is 1. The maximum absolute atomic E-state index is 12.6. The first-order chi connectivity index (χ1) is 14.7. The summed E-state index contributed by atoms with van der Waals surface area (Å²) < 4.78 is 27.5. The molecule has 10 heteroatoms. The molecule has 3 rings (SSSR count). The minimum atomic E-state index is -3.84. The van der Waals surface area contributed by atoms with E-state index < -0.39 is 10.0 Å². The molecule has 0 fully saturated rings. The van der Waals surface area contributed by atoms with E-state index in [4.69, 9.17) is 11.6 Å². The Hall–Kier alpha value is -2.62. The van der Waals surface area contributed by atoms with E-state index in [-0.39, 0.29) is 22.5 Å². The van der Waals surface area contributed by atoms with Crippen molar-refractivity contribution in [3.63, 3.8) is 0 Å². The number of halogens is 1. The van der Waals surface area contributed by atoms with Gasteiger partial charge < -0.3 is 5.32 Å². The Kier molecular flexibility index (Phi) is 7.53. The van der Waals surface area contributed by atoms with Crippen molar-refractivity contribution in [3.05, 3.63) is 76.6 Å². The lowest BCUT2D eigenvalue weighted by Crippen LogP contribution is -2.16. The summed E-state index contributed by atoms with van der Waals surface area (Å²) in [5.74, 6) is 0.770. The molecule has 0 saturated carbocycles. The molecule has 0 bridgehead atoms. The van der Waals surface area contributed by atoms with Gasteiger partial charge in [0.1, 0.15) is 0 Å². The number of carbonyl (C=O) groups is 1. The number of nitrogens with one attached hydrogen (secondary N) is 2. The average Bonchev–Trinajstić information content (AvgIpc) is 2.67. The highest BCUT2D eigenvalue weighted by molar-refractivity contribution is 7.99. The molecule has 0 aliphatic rings. The number of sulfonamides is 1. The Labute approximate surface area is 190 Å². The van der Waals surface area contributed by atoms with Gasteiger partial charge in [-0.3, -0.25) is 4.79 Å². The van der Waals surface area contributed by atoms with Gasteiger partial charge in [0.2, 0.25) is 11.9 Å². The molecule has 0 unspecified atom stereocenters. The quantitative estimate of drug-likeness (QED) is 0.499. The lowest BCUT2D eigenvalue weighted by molar-refractivity contribution is -0.113. The first-order valence-electron chi connectivity index (χ1n) is 9.28. The summed E-state index contributed by atoms with van der Waals surface area (Å²) in [7, 11) is -3.84. The summed E-state index contributed by atoms with van der Waals surface area (Å²) in [6.45, 7) is 3.52. The Bertz CT molecular complexity index is 1170.